The maximum absolute atomic E-state index is 4.79. The first-order valence-corrected chi connectivity index (χ1v) is 5.76. The molecule has 2 heterocycles. The normalized spacial score (nSPS) is 32.3. The van der Waals surface area contributed by atoms with Gasteiger partial charge in [0.15, 0.2) is 5.96 Å². The Morgan fingerprint density at radius 2 is 2.07 bits per heavy atom. The summed E-state index contributed by atoms with van der Waals surface area (Å²) in [4.78, 5) is 7.17. The number of nitrogens with one attached hydrogen (secondary N) is 1. The van der Waals surface area contributed by atoms with E-state index in [9.17, 15) is 0 Å². The molecule has 0 aromatic carbocycles. The first-order valence-electron chi connectivity index (χ1n) is 5.76. The van der Waals surface area contributed by atoms with Gasteiger partial charge in [-0.15, -0.1) is 0 Å². The topological polar surface area (TPSA) is 27.6 Å². The van der Waals surface area contributed by atoms with E-state index in [0.717, 1.165) is 5.96 Å². The van der Waals surface area contributed by atoms with Crippen LogP contribution in [0, 0.1) is 5.92 Å². The van der Waals surface area contributed by atoms with E-state index in [1.54, 1.807) is 0 Å². The Morgan fingerprint density at radius 3 is 2.79 bits per heavy atom. The summed E-state index contributed by atoms with van der Waals surface area (Å²) >= 11 is 0. The average Bonchev–Trinajstić information content (AvgIpc) is 2.16. The molecule has 2 unspecified atom stereocenters. The zero-order valence-corrected chi connectivity index (χ0v) is 9.45. The lowest BCUT2D eigenvalue weighted by Gasteiger charge is -2.39. The van der Waals surface area contributed by atoms with Crippen LogP contribution in [0.25, 0.3) is 0 Å². The summed E-state index contributed by atoms with van der Waals surface area (Å²) in [5, 5.41) is 3.48. The summed E-state index contributed by atoms with van der Waals surface area (Å²) in [6.07, 6.45) is 2.46. The molecule has 1 N–H and O–H groups in total. The van der Waals surface area contributed by atoms with Gasteiger partial charge in [-0.25, -0.2) is 4.99 Å². The van der Waals surface area contributed by atoms with E-state index in [0.29, 0.717) is 18.0 Å². The molecule has 0 saturated carbocycles. The van der Waals surface area contributed by atoms with Crippen molar-refractivity contribution in [1.29, 1.82) is 0 Å². The number of fused-ring (bicyclic) bond motifs is 1. The van der Waals surface area contributed by atoms with Gasteiger partial charge in [-0.1, -0.05) is 13.8 Å². The van der Waals surface area contributed by atoms with Crippen molar-refractivity contribution in [3.63, 3.8) is 0 Å². The SMILES string of the molecule is CC1CCN2CCC(C(C)C)N=C2N1. The van der Waals surface area contributed by atoms with Gasteiger partial charge < -0.3 is 10.2 Å². The molecule has 1 fully saturated rings. The summed E-state index contributed by atoms with van der Waals surface area (Å²) in [5.74, 6) is 1.82. The molecule has 0 spiro atoms. The molecule has 3 heteroatoms. The Morgan fingerprint density at radius 1 is 1.36 bits per heavy atom. The maximum Gasteiger partial charge on any atom is 0.194 e. The van der Waals surface area contributed by atoms with Crippen LogP contribution in [0.15, 0.2) is 4.99 Å². The van der Waals surface area contributed by atoms with Crippen LogP contribution in [0.4, 0.5) is 0 Å². The van der Waals surface area contributed by atoms with Gasteiger partial charge in [0.05, 0.1) is 6.04 Å². The number of rotatable bonds is 1. The molecule has 2 aliphatic rings. The Kier molecular flexibility index (Phi) is 2.66. The molecule has 1 saturated heterocycles. The molecule has 0 aliphatic carbocycles. The van der Waals surface area contributed by atoms with E-state index in [-0.39, 0.29) is 0 Å². The largest absolute Gasteiger partial charge is 0.354 e. The smallest absolute Gasteiger partial charge is 0.194 e. The van der Waals surface area contributed by atoms with E-state index in [4.69, 9.17) is 4.99 Å². The van der Waals surface area contributed by atoms with Crippen LogP contribution < -0.4 is 5.32 Å². The van der Waals surface area contributed by atoms with E-state index in [2.05, 4.69) is 31.0 Å². The van der Waals surface area contributed by atoms with Crippen LogP contribution in [0.1, 0.15) is 33.6 Å². The van der Waals surface area contributed by atoms with Crippen LogP contribution in [-0.2, 0) is 0 Å². The quantitative estimate of drug-likeness (QED) is 0.686. The molecule has 0 amide bonds. The highest BCUT2D eigenvalue weighted by atomic mass is 15.3. The fraction of sp³-hybridized carbons (Fsp3) is 0.909. The van der Waals surface area contributed by atoms with Crippen molar-refractivity contribution >= 4 is 5.96 Å². The fourth-order valence-corrected chi connectivity index (χ4v) is 2.17. The minimum Gasteiger partial charge on any atom is -0.354 e. The zero-order chi connectivity index (χ0) is 10.1. The Balaban J connectivity index is 2.09. The molecule has 3 nitrogen and oxygen atoms in total. The first kappa shape index (κ1) is 9.81. The van der Waals surface area contributed by atoms with Crippen LogP contribution in [0.2, 0.25) is 0 Å². The minimum atomic E-state index is 0.527. The van der Waals surface area contributed by atoms with Crippen molar-refractivity contribution < 1.29 is 0 Å². The van der Waals surface area contributed by atoms with Gasteiger partial charge in [0.25, 0.3) is 0 Å². The highest BCUT2D eigenvalue weighted by Gasteiger charge is 2.27. The Labute approximate surface area is 86.6 Å². The van der Waals surface area contributed by atoms with E-state index >= 15 is 0 Å². The number of hydrogen-bond donors (Lipinski definition) is 1. The highest BCUT2D eigenvalue weighted by Crippen LogP contribution is 2.19. The van der Waals surface area contributed by atoms with Gasteiger partial charge in [0, 0.05) is 19.1 Å². The molecular weight excluding hydrogens is 174 g/mol. The molecule has 0 aromatic rings. The predicted octanol–water partition coefficient (Wildman–Crippen LogP) is 1.45. The minimum absolute atomic E-state index is 0.527. The van der Waals surface area contributed by atoms with Crippen LogP contribution >= 0.6 is 0 Å². The van der Waals surface area contributed by atoms with Gasteiger partial charge in [-0.3, -0.25) is 0 Å². The van der Waals surface area contributed by atoms with Crippen LogP contribution in [0.3, 0.4) is 0 Å². The highest BCUT2D eigenvalue weighted by molar-refractivity contribution is 5.81. The number of nitrogens with zero attached hydrogens (tertiary/aromatic N) is 2. The summed E-state index contributed by atoms with van der Waals surface area (Å²) in [6.45, 7) is 9.12. The van der Waals surface area contributed by atoms with Gasteiger partial charge in [0.1, 0.15) is 0 Å². The molecular formula is C11H21N3. The Bertz CT molecular complexity index is 235. The molecule has 2 atom stereocenters. The Hall–Kier alpha value is -0.730. The number of guanidine groups is 1. The molecule has 2 rings (SSSR count). The third-order valence-corrected chi connectivity index (χ3v) is 3.26. The van der Waals surface area contributed by atoms with Crippen LogP contribution in [-0.4, -0.2) is 36.0 Å². The molecule has 2 aliphatic heterocycles. The third kappa shape index (κ3) is 1.86. The zero-order valence-electron chi connectivity index (χ0n) is 9.45. The summed E-state index contributed by atoms with van der Waals surface area (Å²) in [7, 11) is 0. The standard InChI is InChI=1S/C11H21N3/c1-8(2)10-5-7-14-6-4-9(3)12-11(14)13-10/h8-10H,4-7H2,1-3H3,(H,12,13). The molecule has 0 radical (unpaired) electrons. The first-order chi connectivity index (χ1) is 6.66. The van der Waals surface area contributed by atoms with E-state index < -0.39 is 0 Å². The summed E-state index contributed by atoms with van der Waals surface area (Å²) < 4.78 is 0. The lowest BCUT2D eigenvalue weighted by atomic mass is 9.99. The van der Waals surface area contributed by atoms with Crippen molar-refractivity contribution in [3.05, 3.63) is 0 Å². The summed E-state index contributed by atoms with van der Waals surface area (Å²) in [6, 6.07) is 1.12. The lowest BCUT2D eigenvalue weighted by molar-refractivity contribution is 0.281. The second-order valence-electron chi connectivity index (χ2n) is 4.87. The van der Waals surface area contributed by atoms with Gasteiger partial charge in [0.2, 0.25) is 0 Å². The second kappa shape index (κ2) is 3.79. The number of aliphatic imine (C=N–C) groups is 1. The predicted molar refractivity (Wildman–Crippen MR) is 59.5 cm³/mol. The van der Waals surface area contributed by atoms with Crippen molar-refractivity contribution in [2.75, 3.05) is 13.1 Å². The third-order valence-electron chi connectivity index (χ3n) is 3.26. The van der Waals surface area contributed by atoms with Crippen molar-refractivity contribution in [1.82, 2.24) is 10.2 Å². The monoisotopic (exact) mass is 195 g/mol. The lowest BCUT2D eigenvalue weighted by Crippen LogP contribution is -2.54. The molecule has 14 heavy (non-hydrogen) atoms. The molecule has 0 aromatic heterocycles. The average molecular weight is 195 g/mol. The van der Waals surface area contributed by atoms with E-state index in [1.165, 1.54) is 25.9 Å². The second-order valence-corrected chi connectivity index (χ2v) is 4.87. The van der Waals surface area contributed by atoms with Crippen molar-refractivity contribution in [2.24, 2.45) is 10.9 Å². The molecule has 80 valence electrons. The van der Waals surface area contributed by atoms with Gasteiger partial charge in [-0.05, 0) is 25.7 Å². The van der Waals surface area contributed by atoms with Crippen molar-refractivity contribution in [3.8, 4) is 0 Å². The van der Waals surface area contributed by atoms with E-state index in [1.807, 2.05) is 0 Å². The van der Waals surface area contributed by atoms with Crippen molar-refractivity contribution in [2.45, 2.75) is 45.7 Å². The van der Waals surface area contributed by atoms with Gasteiger partial charge >= 0.3 is 0 Å². The van der Waals surface area contributed by atoms with Crippen LogP contribution in [0.5, 0.6) is 0 Å². The fourth-order valence-electron chi connectivity index (χ4n) is 2.17. The molecule has 0 bridgehead atoms. The summed E-state index contributed by atoms with van der Waals surface area (Å²) in [5.41, 5.74) is 0. The maximum atomic E-state index is 4.79. The number of hydrogen-bond acceptors (Lipinski definition) is 3. The van der Waals surface area contributed by atoms with Gasteiger partial charge in [-0.2, -0.15) is 0 Å².